The third-order valence-electron chi connectivity index (χ3n) is 8.07. The zero-order chi connectivity index (χ0) is 33.3. The molecule has 46 heavy (non-hydrogen) atoms. The number of aromatic nitrogens is 2. The average Bonchev–Trinajstić information content (AvgIpc) is 3.51. The highest BCUT2D eigenvalue weighted by atomic mass is 32.2. The lowest BCUT2D eigenvalue weighted by Crippen LogP contribution is -2.44. The largest absolute Gasteiger partial charge is 0.451 e. The molecule has 2 aliphatic heterocycles. The molecule has 1 amide bonds. The number of piperidine rings is 1. The first-order chi connectivity index (χ1) is 21.8. The third kappa shape index (κ3) is 9.91. The highest BCUT2D eigenvalue weighted by Gasteiger charge is 2.39. The van der Waals surface area contributed by atoms with Gasteiger partial charge in [0.1, 0.15) is 17.7 Å². The molecule has 2 fully saturated rings. The van der Waals surface area contributed by atoms with Crippen LogP contribution in [0.4, 0.5) is 24.8 Å². The number of sulfonamides is 1. The van der Waals surface area contributed by atoms with Gasteiger partial charge in [0.25, 0.3) is 0 Å². The van der Waals surface area contributed by atoms with Crippen LogP contribution < -0.4 is 31.3 Å². The number of nitrogens with zero attached hydrogens (tertiary/aromatic N) is 6. The van der Waals surface area contributed by atoms with E-state index in [9.17, 15) is 26.4 Å². The van der Waals surface area contributed by atoms with Crippen LogP contribution >= 0.6 is 0 Å². The number of hydrogen-bond acceptors (Lipinski definition) is 9. The van der Waals surface area contributed by atoms with E-state index < -0.39 is 28.1 Å². The van der Waals surface area contributed by atoms with Gasteiger partial charge in [0.15, 0.2) is 5.96 Å². The number of carbonyl (C=O) groups is 1. The summed E-state index contributed by atoms with van der Waals surface area (Å²) < 4.78 is 68.5. The van der Waals surface area contributed by atoms with Crippen molar-refractivity contribution in [1.82, 2.24) is 20.0 Å². The van der Waals surface area contributed by atoms with E-state index in [4.69, 9.17) is 16.7 Å². The second-order valence-electron chi connectivity index (χ2n) is 11.3. The molecule has 6 N–H and O–H groups in total. The minimum absolute atomic E-state index is 0.0420. The van der Waals surface area contributed by atoms with E-state index >= 15 is 0 Å². The van der Waals surface area contributed by atoms with Gasteiger partial charge in [0, 0.05) is 38.8 Å². The van der Waals surface area contributed by atoms with Crippen LogP contribution in [0.1, 0.15) is 49.1 Å². The van der Waals surface area contributed by atoms with Gasteiger partial charge in [0.05, 0.1) is 23.9 Å². The van der Waals surface area contributed by atoms with Crippen molar-refractivity contribution < 1.29 is 26.4 Å². The number of aliphatic imine (C=N–C) groups is 1. The zero-order valence-corrected chi connectivity index (χ0v) is 26.2. The Morgan fingerprint density at radius 2 is 1.76 bits per heavy atom. The quantitative estimate of drug-likeness (QED) is 0.180. The zero-order valence-electron chi connectivity index (χ0n) is 25.3. The molecule has 17 heteroatoms. The van der Waals surface area contributed by atoms with Gasteiger partial charge >= 0.3 is 6.18 Å². The number of carbonyl (C=O) groups excluding carboxylic acids is 1. The van der Waals surface area contributed by atoms with Gasteiger partial charge in [-0.25, -0.2) is 23.1 Å². The van der Waals surface area contributed by atoms with E-state index in [1.54, 1.807) is 21.9 Å². The van der Waals surface area contributed by atoms with Crippen LogP contribution in [0.15, 0.2) is 35.3 Å². The Hall–Kier alpha value is -4.17. The molecule has 0 radical (unpaired) electrons. The fourth-order valence-electron chi connectivity index (χ4n) is 5.60. The van der Waals surface area contributed by atoms with Crippen molar-refractivity contribution in [3.05, 3.63) is 47.3 Å². The van der Waals surface area contributed by atoms with Crippen LogP contribution in [0.5, 0.6) is 0 Å². The normalized spacial score (nSPS) is 17.5. The minimum Gasteiger partial charge on any atom is -0.370 e. The van der Waals surface area contributed by atoms with Crippen molar-refractivity contribution in [2.45, 2.75) is 50.7 Å². The van der Waals surface area contributed by atoms with E-state index in [0.717, 1.165) is 5.56 Å². The van der Waals surface area contributed by atoms with Crippen molar-refractivity contribution in [1.29, 1.82) is 5.26 Å². The van der Waals surface area contributed by atoms with E-state index in [2.05, 4.69) is 31.1 Å². The van der Waals surface area contributed by atoms with E-state index in [1.807, 2.05) is 12.1 Å². The maximum absolute atomic E-state index is 13.9. The maximum Gasteiger partial charge on any atom is 0.451 e. The molecule has 13 nitrogen and oxygen atoms in total. The summed E-state index contributed by atoms with van der Waals surface area (Å²) in [6.45, 7) is 1.79. The Kier molecular flexibility index (Phi) is 11.6. The third-order valence-corrected chi connectivity index (χ3v) is 9.43. The number of nitrogens with one attached hydrogen (secondary N) is 2. The number of hydrogen-bond donors (Lipinski definition) is 4. The summed E-state index contributed by atoms with van der Waals surface area (Å²) in [5.74, 6) is -1.59. The summed E-state index contributed by atoms with van der Waals surface area (Å²) in [6.07, 6.45) is -1.27. The molecule has 0 spiro atoms. The van der Waals surface area contributed by atoms with E-state index in [0.29, 0.717) is 70.3 Å². The molecule has 1 aromatic carbocycles. The van der Waals surface area contributed by atoms with Gasteiger partial charge in [0.2, 0.25) is 21.8 Å². The number of benzene rings is 1. The lowest BCUT2D eigenvalue weighted by molar-refractivity contribution is -0.144. The lowest BCUT2D eigenvalue weighted by atomic mass is 9.94. The fraction of sp³-hybridized carbons (Fsp3) is 0.552. The SMILES string of the molecule is N#Cc1ccc(CCNC(=O)C2CCCN2c2cc(N3CCC(CCNS(=O)(=O)CCN=C(N)N)CC3)nc(C(F)(F)F)n2)cc1. The molecular weight excluding hydrogens is 625 g/mol. The molecule has 2 aromatic rings. The Labute approximate surface area is 266 Å². The Morgan fingerprint density at radius 1 is 1.07 bits per heavy atom. The summed E-state index contributed by atoms with van der Waals surface area (Å²) in [6, 6.07) is 9.94. The molecule has 1 unspecified atom stereocenters. The van der Waals surface area contributed by atoms with Gasteiger partial charge in [-0.15, -0.1) is 0 Å². The van der Waals surface area contributed by atoms with Crippen molar-refractivity contribution >= 4 is 33.5 Å². The molecule has 2 saturated heterocycles. The Balaban J connectivity index is 1.35. The standard InChI is InChI=1S/C29H39F3N10O3S/c30-29(31,32)27-39-24(41-15-9-21(10-16-41)8-12-38-46(44,45)17-13-37-28(34)35)18-25(40-27)42-14-1-2-23(42)26(43)36-11-7-20-3-5-22(19-33)6-4-20/h3-6,18,21,23,38H,1-2,7-17H2,(H,36,43)(H4,34,35,37). The first-order valence-corrected chi connectivity index (χ1v) is 16.8. The van der Waals surface area contributed by atoms with E-state index in [-0.39, 0.29) is 48.3 Å². The molecule has 4 rings (SSSR count). The van der Waals surface area contributed by atoms with Gasteiger partial charge in [-0.05, 0) is 62.1 Å². The smallest absolute Gasteiger partial charge is 0.370 e. The van der Waals surface area contributed by atoms with Crippen LogP contribution in [-0.4, -0.2) is 81.3 Å². The van der Waals surface area contributed by atoms with Crippen LogP contribution in [0.3, 0.4) is 0 Å². The molecule has 1 aromatic heterocycles. The fourth-order valence-corrected chi connectivity index (χ4v) is 6.51. The summed E-state index contributed by atoms with van der Waals surface area (Å²) in [5, 5.41) is 11.8. The predicted molar refractivity (Wildman–Crippen MR) is 167 cm³/mol. The second-order valence-corrected chi connectivity index (χ2v) is 13.3. The predicted octanol–water partition coefficient (Wildman–Crippen LogP) is 1.49. The van der Waals surface area contributed by atoms with Crippen molar-refractivity contribution in [3.63, 3.8) is 0 Å². The highest BCUT2D eigenvalue weighted by Crippen LogP contribution is 2.34. The molecule has 0 bridgehead atoms. The van der Waals surface area contributed by atoms with Crippen molar-refractivity contribution in [3.8, 4) is 6.07 Å². The average molecular weight is 665 g/mol. The molecule has 2 aliphatic rings. The van der Waals surface area contributed by atoms with Crippen LogP contribution in [0.25, 0.3) is 0 Å². The lowest BCUT2D eigenvalue weighted by Gasteiger charge is -2.34. The number of nitriles is 1. The number of amides is 1. The van der Waals surface area contributed by atoms with Crippen molar-refractivity contribution in [2.75, 3.05) is 54.8 Å². The number of guanidine groups is 1. The molecule has 250 valence electrons. The first kappa shape index (κ1) is 34.7. The molecule has 0 saturated carbocycles. The van der Waals surface area contributed by atoms with Gasteiger partial charge in [-0.2, -0.15) is 18.4 Å². The number of alkyl halides is 3. The maximum atomic E-state index is 13.9. The van der Waals surface area contributed by atoms with Crippen LogP contribution in [-0.2, 0) is 27.4 Å². The monoisotopic (exact) mass is 664 g/mol. The molecule has 3 heterocycles. The first-order valence-electron chi connectivity index (χ1n) is 15.1. The summed E-state index contributed by atoms with van der Waals surface area (Å²) in [7, 11) is -3.54. The second kappa shape index (κ2) is 15.4. The Bertz CT molecular complexity index is 1520. The topological polar surface area (TPSA) is 196 Å². The van der Waals surface area contributed by atoms with Crippen LogP contribution in [0, 0.1) is 17.2 Å². The Morgan fingerprint density at radius 3 is 2.41 bits per heavy atom. The number of halogens is 3. The molecular formula is C29H39F3N10O3S. The highest BCUT2D eigenvalue weighted by molar-refractivity contribution is 7.89. The summed E-state index contributed by atoms with van der Waals surface area (Å²) in [4.78, 5) is 27.9. The molecule has 1 atom stereocenters. The van der Waals surface area contributed by atoms with E-state index in [1.165, 1.54) is 6.07 Å². The minimum atomic E-state index is -4.78. The van der Waals surface area contributed by atoms with Gasteiger partial charge in [-0.3, -0.25) is 9.79 Å². The molecule has 0 aliphatic carbocycles. The van der Waals surface area contributed by atoms with Gasteiger partial charge < -0.3 is 26.6 Å². The summed E-state index contributed by atoms with van der Waals surface area (Å²) >= 11 is 0. The number of anilines is 2. The number of nitrogens with two attached hydrogens (primary N) is 2. The van der Waals surface area contributed by atoms with Gasteiger partial charge in [-0.1, -0.05) is 12.1 Å². The number of rotatable bonds is 13. The van der Waals surface area contributed by atoms with Crippen LogP contribution in [0.2, 0.25) is 0 Å². The summed E-state index contributed by atoms with van der Waals surface area (Å²) in [5.41, 5.74) is 11.9. The van der Waals surface area contributed by atoms with Crippen molar-refractivity contribution in [2.24, 2.45) is 22.4 Å².